The molecule has 1 aromatic rings. The lowest BCUT2D eigenvalue weighted by Gasteiger charge is -2.55. The first kappa shape index (κ1) is 19.3. The summed E-state index contributed by atoms with van der Waals surface area (Å²) in [6.07, 6.45) is 2.03. The lowest BCUT2D eigenvalue weighted by atomic mass is 9.98. The van der Waals surface area contributed by atoms with Gasteiger partial charge in [-0.1, -0.05) is 6.07 Å². The Balaban J connectivity index is 1.82. The maximum Gasteiger partial charge on any atom is 0.352 e. The van der Waals surface area contributed by atoms with Gasteiger partial charge >= 0.3 is 5.97 Å². The molecule has 1 saturated heterocycles. The van der Waals surface area contributed by atoms with Gasteiger partial charge in [-0.2, -0.15) is 11.8 Å². The molecule has 2 aliphatic heterocycles. The van der Waals surface area contributed by atoms with Crippen molar-refractivity contribution in [2.24, 2.45) is 0 Å². The number of carbonyl (C=O) groups excluding carboxylic acids is 2. The maximum atomic E-state index is 12.8. The number of hydrogen-bond donors (Lipinski definition) is 2. The van der Waals surface area contributed by atoms with E-state index in [4.69, 9.17) is 4.74 Å². The number of carboxylic acids is 1. The second-order valence-corrected chi connectivity index (χ2v) is 8.74. The maximum absolute atomic E-state index is 12.8. The van der Waals surface area contributed by atoms with Gasteiger partial charge in [-0.05, 0) is 23.3 Å². The molecule has 1 fully saturated rings. The molecule has 140 valence electrons. The third-order valence-corrected chi connectivity index (χ3v) is 7.08. The molecule has 2 amide bonds. The second kappa shape index (κ2) is 7.63. The predicted octanol–water partition coefficient (Wildman–Crippen LogP) is 1.37. The monoisotopic (exact) mass is 414 g/mol. The van der Waals surface area contributed by atoms with E-state index in [0.717, 1.165) is 4.88 Å². The SMILES string of the molecule is COC1(NC(=O)Cc2cccs2)C(=O)N2C(C(=O)O)=C(CSC)CS[C@H]21. The summed E-state index contributed by atoms with van der Waals surface area (Å²) in [7, 11) is 1.35. The molecule has 10 heteroatoms. The Morgan fingerprint density at radius 3 is 2.88 bits per heavy atom. The minimum absolute atomic E-state index is 0.00767. The summed E-state index contributed by atoms with van der Waals surface area (Å²) in [5.74, 6) is -1.01. The van der Waals surface area contributed by atoms with Crippen molar-refractivity contribution >= 4 is 52.6 Å². The van der Waals surface area contributed by atoms with Crippen LogP contribution in [0.1, 0.15) is 4.88 Å². The molecule has 7 nitrogen and oxygen atoms in total. The smallest absolute Gasteiger partial charge is 0.352 e. The molecule has 3 rings (SSSR count). The number of carbonyl (C=O) groups is 3. The molecule has 3 heterocycles. The fraction of sp³-hybridized carbons (Fsp3) is 0.438. The molecular formula is C16H18N2O5S3. The first-order valence-corrected chi connectivity index (χ1v) is 11.0. The van der Waals surface area contributed by atoms with Crippen LogP contribution in [0, 0.1) is 0 Å². The highest BCUT2D eigenvalue weighted by atomic mass is 32.2. The van der Waals surface area contributed by atoms with E-state index in [9.17, 15) is 19.5 Å². The number of nitrogens with one attached hydrogen (secondary N) is 1. The number of fused-ring (bicyclic) bond motifs is 1. The quantitative estimate of drug-likeness (QED) is 0.514. The van der Waals surface area contributed by atoms with Crippen LogP contribution in [0.3, 0.4) is 0 Å². The summed E-state index contributed by atoms with van der Waals surface area (Å²) in [6.45, 7) is 0. The van der Waals surface area contributed by atoms with E-state index in [1.165, 1.54) is 46.9 Å². The number of aliphatic carboxylic acids is 1. The fourth-order valence-electron chi connectivity index (χ4n) is 3.05. The summed E-state index contributed by atoms with van der Waals surface area (Å²) in [5, 5.41) is 13.5. The van der Waals surface area contributed by atoms with Gasteiger partial charge in [0.1, 0.15) is 11.1 Å². The summed E-state index contributed by atoms with van der Waals surface area (Å²) < 4.78 is 5.41. The summed E-state index contributed by atoms with van der Waals surface area (Å²) >= 11 is 4.36. The molecule has 1 aromatic heterocycles. The van der Waals surface area contributed by atoms with Crippen LogP contribution in [0.5, 0.6) is 0 Å². The molecule has 2 aliphatic rings. The van der Waals surface area contributed by atoms with Gasteiger partial charge in [0.2, 0.25) is 5.91 Å². The van der Waals surface area contributed by atoms with Crippen LogP contribution in [-0.4, -0.2) is 63.8 Å². The largest absolute Gasteiger partial charge is 0.477 e. The van der Waals surface area contributed by atoms with Gasteiger partial charge in [0.05, 0.1) is 6.42 Å². The second-order valence-electron chi connectivity index (χ2n) is 5.77. The topological polar surface area (TPSA) is 95.9 Å². The number of amides is 2. The molecular weight excluding hydrogens is 396 g/mol. The Kier molecular flexibility index (Phi) is 5.66. The number of carboxylic acid groups (broad SMARTS) is 1. The van der Waals surface area contributed by atoms with Crippen molar-refractivity contribution in [2.45, 2.75) is 17.5 Å². The van der Waals surface area contributed by atoms with Crippen LogP contribution in [0.25, 0.3) is 0 Å². The number of hydrogen-bond acceptors (Lipinski definition) is 7. The number of methoxy groups -OCH3 is 1. The fourth-order valence-corrected chi connectivity index (χ4v) is 5.91. The van der Waals surface area contributed by atoms with Crippen LogP contribution in [0.15, 0.2) is 28.8 Å². The van der Waals surface area contributed by atoms with E-state index >= 15 is 0 Å². The Morgan fingerprint density at radius 2 is 2.31 bits per heavy atom. The van der Waals surface area contributed by atoms with Gasteiger partial charge < -0.3 is 15.2 Å². The third-order valence-electron chi connectivity index (χ3n) is 4.19. The lowest BCUT2D eigenvalue weighted by Crippen LogP contribution is -2.80. The van der Waals surface area contributed by atoms with Gasteiger partial charge in [-0.15, -0.1) is 23.1 Å². The number of nitrogens with zero attached hydrogens (tertiary/aromatic N) is 1. The average Bonchev–Trinajstić information content (AvgIpc) is 3.11. The van der Waals surface area contributed by atoms with Crippen LogP contribution in [-0.2, 0) is 25.5 Å². The highest BCUT2D eigenvalue weighted by Crippen LogP contribution is 2.46. The summed E-state index contributed by atoms with van der Waals surface area (Å²) in [4.78, 5) is 39.0. The number of β-lactam (4-membered cyclic amide) rings is 1. The van der Waals surface area contributed by atoms with E-state index < -0.39 is 23.0 Å². The molecule has 0 radical (unpaired) electrons. The molecule has 0 spiro atoms. The first-order chi connectivity index (χ1) is 12.4. The summed E-state index contributed by atoms with van der Waals surface area (Å²) in [5.41, 5.74) is -0.813. The number of thioether (sulfide) groups is 2. The third kappa shape index (κ3) is 3.15. The van der Waals surface area contributed by atoms with Crippen LogP contribution >= 0.6 is 34.9 Å². The Hall–Kier alpha value is -1.49. The van der Waals surface area contributed by atoms with Gasteiger partial charge in [0, 0.05) is 23.5 Å². The van der Waals surface area contributed by atoms with E-state index in [2.05, 4.69) is 5.32 Å². The van der Waals surface area contributed by atoms with Crippen molar-refractivity contribution in [1.82, 2.24) is 10.2 Å². The standard InChI is InChI=1S/C16H18N2O5S3/c1-23-16(17-11(19)6-10-4-3-5-25-10)14(22)18-12(13(20)21)9(7-24-2)8-26-15(16)18/h3-5,15H,6-8H2,1-2H3,(H,17,19)(H,20,21)/t15-,16?/m0/s1. The number of ether oxygens (including phenoxy) is 1. The molecule has 2 atom stereocenters. The Labute approximate surface area is 163 Å². The molecule has 0 saturated carbocycles. The van der Waals surface area contributed by atoms with Crippen molar-refractivity contribution in [3.63, 3.8) is 0 Å². The molecule has 0 bridgehead atoms. The molecule has 2 N–H and O–H groups in total. The highest BCUT2D eigenvalue weighted by molar-refractivity contribution is 8.00. The van der Waals surface area contributed by atoms with E-state index in [1.54, 1.807) is 0 Å². The van der Waals surface area contributed by atoms with E-state index in [1.807, 2.05) is 23.8 Å². The van der Waals surface area contributed by atoms with Gasteiger partial charge in [0.15, 0.2) is 0 Å². The van der Waals surface area contributed by atoms with Crippen molar-refractivity contribution in [1.29, 1.82) is 0 Å². The van der Waals surface area contributed by atoms with Crippen molar-refractivity contribution in [2.75, 3.05) is 24.9 Å². The first-order valence-electron chi connectivity index (χ1n) is 7.72. The van der Waals surface area contributed by atoms with Crippen LogP contribution < -0.4 is 5.32 Å². The van der Waals surface area contributed by atoms with Crippen molar-refractivity contribution in [3.05, 3.63) is 33.7 Å². The molecule has 0 aliphatic carbocycles. The van der Waals surface area contributed by atoms with Crippen LogP contribution in [0.4, 0.5) is 0 Å². The van der Waals surface area contributed by atoms with Crippen molar-refractivity contribution < 1.29 is 24.2 Å². The van der Waals surface area contributed by atoms with E-state index in [0.29, 0.717) is 17.1 Å². The number of rotatable bonds is 7. The molecule has 1 unspecified atom stereocenters. The zero-order valence-electron chi connectivity index (χ0n) is 14.2. The Bertz CT molecular complexity index is 764. The summed E-state index contributed by atoms with van der Waals surface area (Å²) in [6, 6.07) is 3.69. The normalized spacial score (nSPS) is 24.9. The van der Waals surface area contributed by atoms with Gasteiger partial charge in [0.25, 0.3) is 11.6 Å². The minimum Gasteiger partial charge on any atom is -0.477 e. The number of thiophene rings is 1. The van der Waals surface area contributed by atoms with Crippen LogP contribution in [0.2, 0.25) is 0 Å². The van der Waals surface area contributed by atoms with Crippen molar-refractivity contribution in [3.8, 4) is 0 Å². The lowest BCUT2D eigenvalue weighted by molar-refractivity contribution is -0.192. The molecule has 26 heavy (non-hydrogen) atoms. The van der Waals surface area contributed by atoms with E-state index in [-0.39, 0.29) is 18.0 Å². The minimum atomic E-state index is -1.52. The Morgan fingerprint density at radius 1 is 1.54 bits per heavy atom. The van der Waals surface area contributed by atoms with Gasteiger partial charge in [-0.25, -0.2) is 4.79 Å². The highest BCUT2D eigenvalue weighted by Gasteiger charge is 2.66. The average molecular weight is 415 g/mol. The zero-order valence-corrected chi connectivity index (χ0v) is 16.6. The molecule has 0 aromatic carbocycles. The zero-order chi connectivity index (χ0) is 18.9. The van der Waals surface area contributed by atoms with Gasteiger partial charge in [-0.3, -0.25) is 14.5 Å². The predicted molar refractivity (Wildman–Crippen MR) is 102 cm³/mol.